The zero-order valence-electron chi connectivity index (χ0n) is 28.6. The first-order valence-electron chi connectivity index (χ1n) is 18.0. The molecule has 3 aliphatic rings. The lowest BCUT2D eigenvalue weighted by atomic mass is 9.69. The molecule has 0 amide bonds. The average molecular weight is 684 g/mol. The molecule has 2 aromatic heterocycles. The van der Waals surface area contributed by atoms with E-state index in [9.17, 15) is 0 Å². The predicted octanol–water partition coefficient (Wildman–Crippen LogP) is 11.5. The van der Waals surface area contributed by atoms with Gasteiger partial charge in [0, 0.05) is 27.3 Å². The van der Waals surface area contributed by atoms with E-state index in [-0.39, 0.29) is 5.41 Å². The van der Waals surface area contributed by atoms with Gasteiger partial charge in [0.15, 0.2) is 5.82 Å². The van der Waals surface area contributed by atoms with E-state index in [2.05, 4.69) is 152 Å². The third-order valence-electron chi connectivity index (χ3n) is 11.4. The van der Waals surface area contributed by atoms with Gasteiger partial charge in [-0.2, -0.15) is 0 Å². The summed E-state index contributed by atoms with van der Waals surface area (Å²) in [5, 5.41) is 4.73. The summed E-state index contributed by atoms with van der Waals surface area (Å²) in [6.07, 6.45) is 5.95. The van der Waals surface area contributed by atoms with Gasteiger partial charge in [0.2, 0.25) is 0 Å². The van der Waals surface area contributed by atoms with Crippen molar-refractivity contribution in [3.63, 3.8) is 0 Å². The molecular weight excluding hydrogens is 651 g/mol. The van der Waals surface area contributed by atoms with Gasteiger partial charge < -0.3 is 5.32 Å². The number of hydrogen-bond acceptors (Lipinski definition) is 4. The van der Waals surface area contributed by atoms with E-state index in [1.54, 1.807) is 11.3 Å². The fraction of sp³-hybridized carbons (Fsp3) is 0.0833. The number of nitrogens with zero attached hydrogens (tertiary/aromatic N) is 2. The lowest BCUT2D eigenvalue weighted by Crippen LogP contribution is -2.31. The quantitative estimate of drug-likeness (QED) is 0.201. The molecule has 2 heterocycles. The highest BCUT2D eigenvalue weighted by atomic mass is 32.1. The molecule has 0 aliphatic heterocycles. The molecule has 246 valence electrons. The van der Waals surface area contributed by atoms with E-state index >= 15 is 0 Å². The Balaban J connectivity index is 1.08. The summed E-state index contributed by atoms with van der Waals surface area (Å²) >= 11 is 1.77. The number of nitrogens with one attached hydrogen (secondary N) is 1. The van der Waals surface area contributed by atoms with E-state index in [0.29, 0.717) is 6.04 Å². The van der Waals surface area contributed by atoms with E-state index in [1.165, 1.54) is 65.7 Å². The van der Waals surface area contributed by atoms with Crippen LogP contribution in [0.3, 0.4) is 0 Å². The fourth-order valence-corrected chi connectivity index (χ4v) is 10.2. The van der Waals surface area contributed by atoms with Gasteiger partial charge in [-0.05, 0) is 81.3 Å². The monoisotopic (exact) mass is 683 g/mol. The summed E-state index contributed by atoms with van der Waals surface area (Å²) in [6.45, 7) is 0. The van der Waals surface area contributed by atoms with Crippen molar-refractivity contribution in [2.45, 2.75) is 17.9 Å². The molecule has 11 rings (SSSR count). The van der Waals surface area contributed by atoms with Crippen LogP contribution in [0, 0.1) is 0 Å². The van der Waals surface area contributed by atoms with Gasteiger partial charge in [-0.25, -0.2) is 9.97 Å². The van der Waals surface area contributed by atoms with Crippen LogP contribution in [-0.2, 0) is 5.41 Å². The standard InChI is InChI=1S/C48H33N3S/c1-49-33-24-26-37-36-25-23-32(27-41(36)48(42(37)28-33)39-16-8-5-13-34(39)35-14-6-9-17-40(35)48)29-19-21-30(22-20-29)44-46-45(38-15-7-10-18-43(38)52-46)51-47(50-44)31-11-3-2-4-12-31/h2-23,25-28,33,49H,24H2,1H3. The molecule has 6 aromatic carbocycles. The summed E-state index contributed by atoms with van der Waals surface area (Å²) in [5.41, 5.74) is 17.1. The maximum atomic E-state index is 5.21. The van der Waals surface area contributed by atoms with Gasteiger partial charge in [0.25, 0.3) is 0 Å². The topological polar surface area (TPSA) is 37.8 Å². The molecule has 0 fully saturated rings. The number of allylic oxidation sites excluding steroid dienone is 2. The van der Waals surface area contributed by atoms with Crippen LogP contribution in [0.4, 0.5) is 0 Å². The molecule has 1 atom stereocenters. The van der Waals surface area contributed by atoms with Gasteiger partial charge in [0.1, 0.15) is 0 Å². The third kappa shape index (κ3) is 4.11. The van der Waals surface area contributed by atoms with Gasteiger partial charge in [0.05, 0.1) is 21.3 Å². The van der Waals surface area contributed by atoms with Crippen LogP contribution in [0.15, 0.2) is 163 Å². The molecule has 1 spiro atoms. The molecule has 0 bridgehead atoms. The van der Waals surface area contributed by atoms with E-state index < -0.39 is 0 Å². The first-order chi connectivity index (χ1) is 25.7. The van der Waals surface area contributed by atoms with Crippen molar-refractivity contribution < 1.29 is 0 Å². The van der Waals surface area contributed by atoms with Gasteiger partial charge in [-0.3, -0.25) is 0 Å². The average Bonchev–Trinajstić information content (AvgIpc) is 3.84. The van der Waals surface area contributed by atoms with Crippen LogP contribution in [0.25, 0.3) is 70.8 Å². The molecule has 0 saturated heterocycles. The molecule has 4 heteroatoms. The van der Waals surface area contributed by atoms with Crippen LogP contribution in [-0.4, -0.2) is 23.1 Å². The zero-order chi connectivity index (χ0) is 34.4. The second-order valence-electron chi connectivity index (χ2n) is 14.0. The molecule has 3 aliphatic carbocycles. The van der Waals surface area contributed by atoms with Crippen molar-refractivity contribution >= 4 is 37.2 Å². The summed E-state index contributed by atoms with van der Waals surface area (Å²) in [4.78, 5) is 10.3. The highest BCUT2D eigenvalue weighted by Gasteiger charge is 2.53. The third-order valence-corrected chi connectivity index (χ3v) is 12.6. The number of fused-ring (bicyclic) bond motifs is 13. The van der Waals surface area contributed by atoms with Crippen molar-refractivity contribution in [2.24, 2.45) is 0 Å². The van der Waals surface area contributed by atoms with Crippen LogP contribution in [0.1, 0.15) is 28.7 Å². The summed E-state index contributed by atoms with van der Waals surface area (Å²) in [5.74, 6) is 0.752. The SMILES string of the molecule is CNC1C=C2C(=CC1)c1ccc(-c3ccc(-c4nc(-c5ccccc5)nc5c4sc4ccccc45)cc3)cc1C21c2ccccc2-c2ccccc21. The second kappa shape index (κ2) is 11.3. The summed E-state index contributed by atoms with van der Waals surface area (Å²) in [7, 11) is 2.07. The minimum atomic E-state index is -0.360. The van der Waals surface area contributed by atoms with Crippen molar-refractivity contribution in [3.05, 3.63) is 186 Å². The maximum Gasteiger partial charge on any atom is 0.160 e. The highest BCUT2D eigenvalue weighted by molar-refractivity contribution is 7.26. The number of thiophene rings is 1. The van der Waals surface area contributed by atoms with Crippen molar-refractivity contribution in [1.29, 1.82) is 0 Å². The minimum Gasteiger partial charge on any atom is -0.313 e. The Morgan fingerprint density at radius 2 is 1.29 bits per heavy atom. The Morgan fingerprint density at radius 3 is 2.06 bits per heavy atom. The Hall–Kier alpha value is -5.94. The molecule has 0 radical (unpaired) electrons. The van der Waals surface area contributed by atoms with Crippen LogP contribution >= 0.6 is 11.3 Å². The molecule has 1 N–H and O–H groups in total. The number of likely N-dealkylation sites (N-methyl/N-ethyl adjacent to an activating group) is 1. The van der Waals surface area contributed by atoms with Crippen LogP contribution in [0.2, 0.25) is 0 Å². The van der Waals surface area contributed by atoms with Gasteiger partial charge in [-0.1, -0.05) is 146 Å². The van der Waals surface area contributed by atoms with Crippen molar-refractivity contribution in [2.75, 3.05) is 7.05 Å². The Bertz CT molecular complexity index is 2760. The first-order valence-corrected chi connectivity index (χ1v) is 18.8. The number of aromatic nitrogens is 2. The van der Waals surface area contributed by atoms with Crippen molar-refractivity contribution in [3.8, 4) is 44.9 Å². The smallest absolute Gasteiger partial charge is 0.160 e. The molecule has 52 heavy (non-hydrogen) atoms. The lowest BCUT2D eigenvalue weighted by molar-refractivity contribution is 0.656. The van der Waals surface area contributed by atoms with E-state index in [4.69, 9.17) is 9.97 Å². The van der Waals surface area contributed by atoms with E-state index in [0.717, 1.165) is 39.3 Å². The van der Waals surface area contributed by atoms with Crippen LogP contribution < -0.4 is 5.32 Å². The number of hydrogen-bond donors (Lipinski definition) is 1. The van der Waals surface area contributed by atoms with Crippen LogP contribution in [0.5, 0.6) is 0 Å². The molecule has 3 nitrogen and oxygen atoms in total. The highest BCUT2D eigenvalue weighted by Crippen LogP contribution is 2.64. The van der Waals surface area contributed by atoms with Gasteiger partial charge in [-0.15, -0.1) is 11.3 Å². The minimum absolute atomic E-state index is 0.300. The molecule has 1 unspecified atom stereocenters. The van der Waals surface area contributed by atoms with Gasteiger partial charge >= 0.3 is 0 Å². The second-order valence-corrected chi connectivity index (χ2v) is 15.1. The predicted molar refractivity (Wildman–Crippen MR) is 217 cm³/mol. The lowest BCUT2D eigenvalue weighted by Gasteiger charge is -2.33. The Labute approximate surface area is 306 Å². The summed E-state index contributed by atoms with van der Waals surface area (Å²) in [6, 6.07) is 53.4. The first kappa shape index (κ1) is 29.8. The number of benzene rings is 6. The number of rotatable bonds is 4. The normalized spacial score (nSPS) is 16.4. The maximum absolute atomic E-state index is 5.21. The molecular formula is C48H33N3S. The largest absolute Gasteiger partial charge is 0.313 e. The molecule has 0 saturated carbocycles. The zero-order valence-corrected chi connectivity index (χ0v) is 29.4. The van der Waals surface area contributed by atoms with E-state index in [1.807, 2.05) is 18.2 Å². The Morgan fingerprint density at radius 1 is 0.615 bits per heavy atom. The molecule has 8 aromatic rings. The summed E-state index contributed by atoms with van der Waals surface area (Å²) < 4.78 is 2.35. The fourth-order valence-electron chi connectivity index (χ4n) is 9.05. The Kier molecular flexibility index (Phi) is 6.46. The van der Waals surface area contributed by atoms with Crippen molar-refractivity contribution in [1.82, 2.24) is 15.3 Å².